The summed E-state index contributed by atoms with van der Waals surface area (Å²) in [6.45, 7) is 0.193. The molecule has 0 atom stereocenters. The Morgan fingerprint density at radius 2 is 2.14 bits per heavy atom. The first kappa shape index (κ1) is 12.8. The zero-order valence-electron chi connectivity index (χ0n) is 11.2. The summed E-state index contributed by atoms with van der Waals surface area (Å²) in [6, 6.07) is 5.23. The number of aromatic nitrogens is 2. The minimum Gasteiger partial charge on any atom is -0.454 e. The van der Waals surface area contributed by atoms with Crippen LogP contribution in [-0.2, 0) is 0 Å². The number of rotatable bonds is 2. The normalized spacial score (nSPS) is 12.5. The van der Waals surface area contributed by atoms with E-state index in [1.807, 2.05) is 0 Å². The number of nitrogens with two attached hydrogens (primary N) is 1. The second-order valence-corrected chi connectivity index (χ2v) is 5.49. The first-order chi connectivity index (χ1) is 10.7. The second kappa shape index (κ2) is 4.85. The van der Waals surface area contributed by atoms with Crippen LogP contribution in [-0.4, -0.2) is 22.7 Å². The van der Waals surface area contributed by atoms with Crippen molar-refractivity contribution in [2.75, 3.05) is 17.8 Å². The number of benzene rings is 1. The van der Waals surface area contributed by atoms with Gasteiger partial charge in [0.1, 0.15) is 12.1 Å². The quantitative estimate of drug-likeness (QED) is 0.752. The van der Waals surface area contributed by atoms with Crippen LogP contribution < -0.4 is 20.5 Å². The maximum absolute atomic E-state index is 12.4. The van der Waals surface area contributed by atoms with Crippen LogP contribution >= 0.6 is 11.3 Å². The van der Waals surface area contributed by atoms with Crippen molar-refractivity contribution in [1.82, 2.24) is 9.97 Å². The molecule has 1 aliphatic rings. The third-order valence-electron chi connectivity index (χ3n) is 3.26. The van der Waals surface area contributed by atoms with E-state index < -0.39 is 0 Å². The van der Waals surface area contributed by atoms with Crippen molar-refractivity contribution in [2.24, 2.45) is 0 Å². The molecule has 0 saturated heterocycles. The lowest BCUT2D eigenvalue weighted by molar-refractivity contribution is 0.102. The number of carbonyl (C=O) groups is 1. The number of ether oxygens (including phenoxy) is 2. The van der Waals surface area contributed by atoms with Crippen LogP contribution in [0.1, 0.15) is 10.4 Å². The summed E-state index contributed by atoms with van der Waals surface area (Å²) < 4.78 is 11.2. The van der Waals surface area contributed by atoms with Crippen molar-refractivity contribution in [3.8, 4) is 11.5 Å². The van der Waals surface area contributed by atoms with Crippen molar-refractivity contribution in [3.63, 3.8) is 0 Å². The average Bonchev–Trinajstić information content (AvgIpc) is 3.13. The second-order valence-electron chi connectivity index (χ2n) is 4.61. The van der Waals surface area contributed by atoms with E-state index in [1.54, 1.807) is 23.6 Å². The number of nitrogens with zero attached hydrogens (tertiary/aromatic N) is 2. The van der Waals surface area contributed by atoms with E-state index in [-0.39, 0.29) is 12.7 Å². The van der Waals surface area contributed by atoms with E-state index in [4.69, 9.17) is 15.2 Å². The Bertz CT molecular complexity index is 893. The van der Waals surface area contributed by atoms with Crippen LogP contribution in [0.3, 0.4) is 0 Å². The molecule has 1 amide bonds. The predicted octanol–water partition coefficient (Wildman–Crippen LogP) is 2.25. The van der Waals surface area contributed by atoms with Crippen molar-refractivity contribution in [2.45, 2.75) is 0 Å². The van der Waals surface area contributed by atoms with Gasteiger partial charge in [-0.2, -0.15) is 0 Å². The Morgan fingerprint density at radius 1 is 1.27 bits per heavy atom. The largest absolute Gasteiger partial charge is 0.454 e. The van der Waals surface area contributed by atoms with Gasteiger partial charge in [-0.15, -0.1) is 11.3 Å². The number of thiophene rings is 1. The highest BCUT2D eigenvalue weighted by Gasteiger charge is 2.18. The molecule has 110 valence electrons. The molecule has 0 bridgehead atoms. The molecule has 0 saturated carbocycles. The van der Waals surface area contributed by atoms with E-state index >= 15 is 0 Å². The first-order valence-corrected chi connectivity index (χ1v) is 7.29. The van der Waals surface area contributed by atoms with Crippen LogP contribution in [0.2, 0.25) is 0 Å². The van der Waals surface area contributed by atoms with Gasteiger partial charge in [0.05, 0.1) is 15.8 Å². The van der Waals surface area contributed by atoms with E-state index in [0.717, 1.165) is 0 Å². The predicted molar refractivity (Wildman–Crippen MR) is 82.3 cm³/mol. The number of hydrogen-bond donors (Lipinski definition) is 2. The zero-order valence-corrected chi connectivity index (χ0v) is 12.0. The summed E-state index contributed by atoms with van der Waals surface area (Å²) >= 11 is 1.34. The van der Waals surface area contributed by atoms with E-state index in [1.165, 1.54) is 17.7 Å². The van der Waals surface area contributed by atoms with Crippen molar-refractivity contribution in [1.29, 1.82) is 0 Å². The number of hydrogen-bond acceptors (Lipinski definition) is 7. The summed E-state index contributed by atoms with van der Waals surface area (Å²) in [6.07, 6.45) is 1.35. The van der Waals surface area contributed by atoms with Crippen LogP contribution in [0.4, 0.5) is 11.5 Å². The lowest BCUT2D eigenvalue weighted by atomic mass is 10.2. The molecule has 1 aliphatic heterocycles. The SMILES string of the molecule is Nc1ncnc2c(C(=O)Nc3ccc4c(c3)OCO4)csc12. The van der Waals surface area contributed by atoms with Gasteiger partial charge in [0, 0.05) is 17.1 Å². The summed E-state index contributed by atoms with van der Waals surface area (Å²) in [5.74, 6) is 1.39. The highest BCUT2D eigenvalue weighted by Crippen LogP contribution is 2.34. The van der Waals surface area contributed by atoms with Crippen LogP contribution in [0.15, 0.2) is 29.9 Å². The number of nitrogen functional groups attached to an aromatic ring is 1. The van der Waals surface area contributed by atoms with E-state index in [9.17, 15) is 4.79 Å². The minimum absolute atomic E-state index is 0.193. The molecule has 0 fully saturated rings. The molecular formula is C14H10N4O3S. The van der Waals surface area contributed by atoms with Crippen molar-refractivity contribution >= 4 is 39.0 Å². The molecule has 2 aromatic heterocycles. The Hall–Kier alpha value is -2.87. The summed E-state index contributed by atoms with van der Waals surface area (Å²) in [4.78, 5) is 20.5. The fourth-order valence-corrected chi connectivity index (χ4v) is 3.10. The number of carbonyl (C=O) groups excluding carboxylic acids is 1. The fraction of sp³-hybridized carbons (Fsp3) is 0.0714. The van der Waals surface area contributed by atoms with Gasteiger partial charge >= 0.3 is 0 Å². The van der Waals surface area contributed by atoms with Crippen molar-refractivity contribution in [3.05, 3.63) is 35.5 Å². The molecule has 0 unspecified atom stereocenters. The van der Waals surface area contributed by atoms with Gasteiger partial charge in [0.15, 0.2) is 11.5 Å². The van der Waals surface area contributed by atoms with E-state index in [0.29, 0.717) is 38.8 Å². The molecule has 0 aliphatic carbocycles. The maximum Gasteiger partial charge on any atom is 0.258 e. The topological polar surface area (TPSA) is 99.4 Å². The standard InChI is InChI=1S/C14H10N4O3S/c15-13-12-11(16-5-17-13)8(4-22-12)14(19)18-7-1-2-9-10(3-7)21-6-20-9/h1-5H,6H2,(H,18,19)(H2,15,16,17). The Kier molecular flexibility index (Phi) is 2.83. The lowest BCUT2D eigenvalue weighted by Crippen LogP contribution is -2.11. The van der Waals surface area contributed by atoms with E-state index in [2.05, 4.69) is 15.3 Å². The molecule has 1 aromatic carbocycles. The monoisotopic (exact) mass is 314 g/mol. The summed E-state index contributed by atoms with van der Waals surface area (Å²) in [7, 11) is 0. The molecule has 3 aromatic rings. The number of amides is 1. The van der Waals surface area contributed by atoms with Crippen LogP contribution in [0, 0.1) is 0 Å². The summed E-state index contributed by atoms with van der Waals surface area (Å²) in [5, 5.41) is 4.54. The van der Waals surface area contributed by atoms with Gasteiger partial charge in [0.2, 0.25) is 6.79 Å². The summed E-state index contributed by atoms with van der Waals surface area (Å²) in [5.41, 5.74) is 7.42. The Labute approximate surface area is 128 Å². The molecule has 3 heterocycles. The first-order valence-electron chi connectivity index (χ1n) is 6.41. The third kappa shape index (κ3) is 2.01. The van der Waals surface area contributed by atoms with Crippen LogP contribution in [0.25, 0.3) is 10.2 Å². The number of anilines is 2. The zero-order chi connectivity index (χ0) is 15.1. The van der Waals surface area contributed by atoms with Gasteiger partial charge < -0.3 is 20.5 Å². The Morgan fingerprint density at radius 3 is 3.05 bits per heavy atom. The van der Waals surface area contributed by atoms with Crippen LogP contribution in [0.5, 0.6) is 11.5 Å². The third-order valence-corrected chi connectivity index (χ3v) is 4.25. The lowest BCUT2D eigenvalue weighted by Gasteiger charge is -2.05. The number of nitrogens with one attached hydrogen (secondary N) is 1. The molecule has 0 radical (unpaired) electrons. The highest BCUT2D eigenvalue weighted by molar-refractivity contribution is 7.18. The fourth-order valence-electron chi connectivity index (χ4n) is 2.20. The van der Waals surface area contributed by atoms with Gasteiger partial charge in [-0.3, -0.25) is 4.79 Å². The molecular weight excluding hydrogens is 304 g/mol. The number of fused-ring (bicyclic) bond motifs is 2. The molecule has 22 heavy (non-hydrogen) atoms. The Balaban J connectivity index is 1.65. The van der Waals surface area contributed by atoms with Gasteiger partial charge in [0.25, 0.3) is 5.91 Å². The molecule has 7 nitrogen and oxygen atoms in total. The smallest absolute Gasteiger partial charge is 0.258 e. The van der Waals surface area contributed by atoms with Crippen molar-refractivity contribution < 1.29 is 14.3 Å². The van der Waals surface area contributed by atoms with Gasteiger partial charge in [-0.1, -0.05) is 0 Å². The molecule has 3 N–H and O–H groups in total. The molecule has 8 heteroatoms. The van der Waals surface area contributed by atoms with Gasteiger partial charge in [-0.25, -0.2) is 9.97 Å². The maximum atomic E-state index is 12.4. The minimum atomic E-state index is -0.261. The molecule has 4 rings (SSSR count). The van der Waals surface area contributed by atoms with Gasteiger partial charge in [-0.05, 0) is 12.1 Å². The highest BCUT2D eigenvalue weighted by atomic mass is 32.1. The average molecular weight is 314 g/mol. The molecule has 0 spiro atoms.